The van der Waals surface area contributed by atoms with Crippen molar-refractivity contribution in [2.45, 2.75) is 25.9 Å². The number of benzene rings is 2. The highest BCUT2D eigenvalue weighted by Gasteiger charge is 2.37. The van der Waals surface area contributed by atoms with Crippen molar-refractivity contribution in [3.8, 4) is 11.5 Å². The van der Waals surface area contributed by atoms with E-state index in [9.17, 15) is 14.4 Å². The van der Waals surface area contributed by atoms with E-state index in [2.05, 4.69) is 0 Å². The largest absolute Gasteiger partial charge is 0.493 e. The molecule has 28 heavy (non-hydrogen) atoms. The molecule has 1 aliphatic rings. The molecule has 2 aromatic rings. The number of methoxy groups -OCH3 is 1. The maximum atomic E-state index is 12.6. The molecule has 0 aliphatic carbocycles. The first-order valence-electron chi connectivity index (χ1n) is 8.92. The molecule has 7 heteroatoms. The molecule has 0 radical (unpaired) electrons. The SMILES string of the molecule is COc1ccc(C(CN2C(=O)c3ccccc3C2=O)C(N)=O)cc1OC(C)C. The monoisotopic (exact) mass is 382 g/mol. The lowest BCUT2D eigenvalue weighted by molar-refractivity contribution is -0.119. The second-order valence-corrected chi connectivity index (χ2v) is 6.80. The molecule has 1 aliphatic heterocycles. The molecule has 3 rings (SSSR count). The first-order valence-corrected chi connectivity index (χ1v) is 8.92. The third-order valence-corrected chi connectivity index (χ3v) is 4.54. The van der Waals surface area contributed by atoms with Gasteiger partial charge in [-0.1, -0.05) is 18.2 Å². The number of carbonyl (C=O) groups is 3. The quantitative estimate of drug-likeness (QED) is 0.741. The summed E-state index contributed by atoms with van der Waals surface area (Å²) in [5, 5.41) is 0. The number of primary amides is 1. The van der Waals surface area contributed by atoms with E-state index in [4.69, 9.17) is 15.2 Å². The fourth-order valence-electron chi connectivity index (χ4n) is 3.20. The number of ether oxygens (including phenoxy) is 2. The zero-order valence-corrected chi connectivity index (χ0v) is 16.0. The molecular formula is C21H22N2O5. The predicted molar refractivity (Wildman–Crippen MR) is 103 cm³/mol. The van der Waals surface area contributed by atoms with E-state index in [1.165, 1.54) is 7.11 Å². The maximum Gasteiger partial charge on any atom is 0.261 e. The molecule has 1 unspecified atom stereocenters. The van der Waals surface area contributed by atoms with Crippen molar-refractivity contribution in [2.24, 2.45) is 5.73 Å². The summed E-state index contributed by atoms with van der Waals surface area (Å²) in [4.78, 5) is 38.5. The van der Waals surface area contributed by atoms with E-state index in [0.717, 1.165) is 4.90 Å². The highest BCUT2D eigenvalue weighted by Crippen LogP contribution is 2.33. The minimum atomic E-state index is -0.873. The first kappa shape index (κ1) is 19.4. The van der Waals surface area contributed by atoms with Crippen LogP contribution in [-0.4, -0.2) is 42.4 Å². The fourth-order valence-corrected chi connectivity index (χ4v) is 3.20. The van der Waals surface area contributed by atoms with E-state index < -0.39 is 23.6 Å². The first-order chi connectivity index (χ1) is 13.3. The van der Waals surface area contributed by atoms with Crippen molar-refractivity contribution in [3.05, 3.63) is 59.2 Å². The summed E-state index contributed by atoms with van der Waals surface area (Å²) < 4.78 is 11.0. The Kier molecular flexibility index (Phi) is 5.35. The zero-order valence-electron chi connectivity index (χ0n) is 16.0. The van der Waals surface area contributed by atoms with E-state index in [1.807, 2.05) is 13.8 Å². The molecule has 0 spiro atoms. The molecule has 2 aromatic carbocycles. The Hall–Kier alpha value is -3.35. The third kappa shape index (κ3) is 3.55. The lowest BCUT2D eigenvalue weighted by Gasteiger charge is -2.22. The number of imide groups is 1. The Bertz CT molecular complexity index is 903. The topological polar surface area (TPSA) is 98.9 Å². The Balaban J connectivity index is 1.92. The van der Waals surface area contributed by atoms with Gasteiger partial charge in [0.05, 0.1) is 30.3 Å². The van der Waals surface area contributed by atoms with Crippen LogP contribution in [0.4, 0.5) is 0 Å². The van der Waals surface area contributed by atoms with Gasteiger partial charge in [0.15, 0.2) is 11.5 Å². The van der Waals surface area contributed by atoms with Gasteiger partial charge in [0.25, 0.3) is 11.8 Å². The van der Waals surface area contributed by atoms with Crippen LogP contribution < -0.4 is 15.2 Å². The van der Waals surface area contributed by atoms with Gasteiger partial charge in [0.1, 0.15) is 0 Å². The molecule has 0 saturated heterocycles. The summed E-state index contributed by atoms with van der Waals surface area (Å²) >= 11 is 0. The van der Waals surface area contributed by atoms with Gasteiger partial charge in [-0.15, -0.1) is 0 Å². The molecule has 7 nitrogen and oxygen atoms in total. The number of amides is 3. The van der Waals surface area contributed by atoms with Crippen molar-refractivity contribution in [1.29, 1.82) is 0 Å². The summed E-state index contributed by atoms with van der Waals surface area (Å²) in [5.41, 5.74) is 6.80. The number of nitrogens with zero attached hydrogens (tertiary/aromatic N) is 1. The Morgan fingerprint density at radius 2 is 1.64 bits per heavy atom. The normalized spacial score (nSPS) is 14.2. The maximum absolute atomic E-state index is 12.6. The van der Waals surface area contributed by atoms with E-state index in [1.54, 1.807) is 42.5 Å². The minimum Gasteiger partial charge on any atom is -0.493 e. The van der Waals surface area contributed by atoms with E-state index >= 15 is 0 Å². The molecule has 0 aromatic heterocycles. The van der Waals surface area contributed by atoms with Crippen LogP contribution in [0.15, 0.2) is 42.5 Å². The summed E-state index contributed by atoms with van der Waals surface area (Å²) in [6, 6.07) is 11.6. The van der Waals surface area contributed by atoms with Crippen LogP contribution in [0.3, 0.4) is 0 Å². The Morgan fingerprint density at radius 3 is 2.14 bits per heavy atom. The summed E-state index contributed by atoms with van der Waals surface area (Å²) in [6.45, 7) is 3.60. The van der Waals surface area contributed by atoms with Gasteiger partial charge in [0, 0.05) is 6.54 Å². The van der Waals surface area contributed by atoms with Gasteiger partial charge in [-0.2, -0.15) is 0 Å². The molecule has 1 heterocycles. The van der Waals surface area contributed by atoms with Gasteiger partial charge < -0.3 is 15.2 Å². The lowest BCUT2D eigenvalue weighted by atomic mass is 9.97. The highest BCUT2D eigenvalue weighted by molar-refractivity contribution is 6.21. The molecule has 0 bridgehead atoms. The standard InChI is InChI=1S/C21H22N2O5/c1-12(2)28-18-10-13(8-9-17(18)27-3)16(19(22)24)11-23-20(25)14-6-4-5-7-15(14)21(23)26/h4-10,12,16H,11H2,1-3H3,(H2,22,24). The van der Waals surface area contributed by atoms with Gasteiger partial charge in [-0.25, -0.2) is 0 Å². The van der Waals surface area contributed by atoms with Crippen LogP contribution in [0.25, 0.3) is 0 Å². The molecule has 2 N–H and O–H groups in total. The van der Waals surface area contributed by atoms with Crippen molar-refractivity contribution >= 4 is 17.7 Å². The van der Waals surface area contributed by atoms with Crippen LogP contribution >= 0.6 is 0 Å². The fraction of sp³-hybridized carbons (Fsp3) is 0.286. The Morgan fingerprint density at radius 1 is 1.04 bits per heavy atom. The molecule has 3 amide bonds. The minimum absolute atomic E-state index is 0.104. The molecule has 0 fully saturated rings. The average molecular weight is 382 g/mol. The number of hydrogen-bond acceptors (Lipinski definition) is 5. The van der Waals surface area contributed by atoms with E-state index in [-0.39, 0.29) is 12.6 Å². The smallest absolute Gasteiger partial charge is 0.261 e. The van der Waals surface area contributed by atoms with E-state index in [0.29, 0.717) is 28.2 Å². The number of fused-ring (bicyclic) bond motifs is 1. The van der Waals surface area contributed by atoms with Crippen LogP contribution in [0.5, 0.6) is 11.5 Å². The second-order valence-electron chi connectivity index (χ2n) is 6.80. The highest BCUT2D eigenvalue weighted by atomic mass is 16.5. The van der Waals surface area contributed by atoms with Crippen molar-refractivity contribution in [2.75, 3.05) is 13.7 Å². The van der Waals surface area contributed by atoms with Crippen LogP contribution in [0.1, 0.15) is 46.0 Å². The predicted octanol–water partition coefficient (Wildman–Crippen LogP) is 2.35. The summed E-state index contributed by atoms with van der Waals surface area (Å²) in [7, 11) is 1.52. The van der Waals surface area contributed by atoms with Crippen molar-refractivity contribution in [3.63, 3.8) is 0 Å². The van der Waals surface area contributed by atoms with Gasteiger partial charge >= 0.3 is 0 Å². The molecule has 1 atom stereocenters. The van der Waals surface area contributed by atoms with Crippen molar-refractivity contribution in [1.82, 2.24) is 4.90 Å². The van der Waals surface area contributed by atoms with Crippen molar-refractivity contribution < 1.29 is 23.9 Å². The second kappa shape index (κ2) is 7.72. The van der Waals surface area contributed by atoms with Crippen LogP contribution in [0.2, 0.25) is 0 Å². The lowest BCUT2D eigenvalue weighted by Crippen LogP contribution is -2.38. The third-order valence-electron chi connectivity index (χ3n) is 4.54. The number of nitrogens with two attached hydrogens (primary N) is 1. The van der Waals surface area contributed by atoms with Gasteiger partial charge in [-0.05, 0) is 43.7 Å². The summed E-state index contributed by atoms with van der Waals surface area (Å²) in [5.74, 6) is -1.40. The number of rotatable bonds is 7. The molecular weight excluding hydrogens is 360 g/mol. The van der Waals surface area contributed by atoms with Crippen LogP contribution in [-0.2, 0) is 4.79 Å². The number of carbonyl (C=O) groups excluding carboxylic acids is 3. The average Bonchev–Trinajstić information content (AvgIpc) is 2.90. The zero-order chi connectivity index (χ0) is 20.4. The molecule has 146 valence electrons. The number of hydrogen-bond donors (Lipinski definition) is 1. The Labute approximate surface area is 163 Å². The van der Waals surface area contributed by atoms with Gasteiger partial charge in [0.2, 0.25) is 5.91 Å². The summed E-state index contributed by atoms with van der Waals surface area (Å²) in [6.07, 6.45) is -0.104. The molecule has 0 saturated carbocycles. The van der Waals surface area contributed by atoms with Crippen LogP contribution in [0, 0.1) is 0 Å². The van der Waals surface area contributed by atoms with Gasteiger partial charge in [-0.3, -0.25) is 19.3 Å².